The van der Waals surface area contributed by atoms with Crippen molar-refractivity contribution < 1.29 is 0 Å². The number of hydrogen-bond acceptors (Lipinski definition) is 1. The lowest BCUT2D eigenvalue weighted by molar-refractivity contribution is 0.235. The third-order valence-corrected chi connectivity index (χ3v) is 2.35. The highest BCUT2D eigenvalue weighted by atomic mass is 15.1. The Morgan fingerprint density at radius 1 is 1.00 bits per heavy atom. The molecule has 0 aliphatic carbocycles. The summed E-state index contributed by atoms with van der Waals surface area (Å²) in [4.78, 5) is 2.59. The Morgan fingerprint density at radius 3 is 1.83 bits per heavy atom. The molecule has 0 bridgehead atoms. The van der Waals surface area contributed by atoms with E-state index < -0.39 is 0 Å². The Balaban J connectivity index is 3.61. The van der Waals surface area contributed by atoms with E-state index >= 15 is 0 Å². The van der Waals surface area contributed by atoms with Crippen molar-refractivity contribution in [3.05, 3.63) is 0 Å². The van der Waals surface area contributed by atoms with Crippen molar-refractivity contribution >= 4 is 0 Å². The number of rotatable bonds is 7. The standard InChI is InChI=1S/C11H25N/c1-5-8-12(9-6-2)10-11(4)7-3/h11H,5-10H2,1-4H3/t11-/m0/s1. The molecule has 0 aliphatic heterocycles. The van der Waals surface area contributed by atoms with Gasteiger partial charge in [0.1, 0.15) is 0 Å². The third-order valence-electron chi connectivity index (χ3n) is 2.35. The molecule has 0 amide bonds. The molecule has 0 unspecified atom stereocenters. The van der Waals surface area contributed by atoms with Crippen LogP contribution in [-0.2, 0) is 0 Å². The Morgan fingerprint density at radius 2 is 1.50 bits per heavy atom. The molecule has 0 aromatic carbocycles. The van der Waals surface area contributed by atoms with Crippen molar-refractivity contribution in [1.82, 2.24) is 4.90 Å². The molecule has 74 valence electrons. The lowest BCUT2D eigenvalue weighted by atomic mass is 10.1. The molecular weight excluding hydrogens is 146 g/mol. The quantitative estimate of drug-likeness (QED) is 0.569. The minimum absolute atomic E-state index is 0.864. The molecule has 0 radical (unpaired) electrons. The van der Waals surface area contributed by atoms with E-state index in [9.17, 15) is 0 Å². The summed E-state index contributed by atoms with van der Waals surface area (Å²) in [6, 6.07) is 0. The molecule has 0 heterocycles. The number of hydrogen-bond donors (Lipinski definition) is 0. The van der Waals surface area contributed by atoms with Gasteiger partial charge in [0.25, 0.3) is 0 Å². The van der Waals surface area contributed by atoms with E-state index in [0.717, 1.165) is 5.92 Å². The van der Waals surface area contributed by atoms with Gasteiger partial charge in [0.15, 0.2) is 0 Å². The van der Waals surface area contributed by atoms with Gasteiger partial charge in [0, 0.05) is 6.54 Å². The number of nitrogens with zero attached hydrogens (tertiary/aromatic N) is 1. The molecule has 0 rings (SSSR count). The Hall–Kier alpha value is -0.0400. The highest BCUT2D eigenvalue weighted by Gasteiger charge is 2.06. The zero-order valence-electron chi connectivity index (χ0n) is 9.27. The van der Waals surface area contributed by atoms with Gasteiger partial charge < -0.3 is 4.90 Å². The van der Waals surface area contributed by atoms with Crippen LogP contribution in [0.2, 0.25) is 0 Å². The molecule has 0 saturated heterocycles. The summed E-state index contributed by atoms with van der Waals surface area (Å²) in [7, 11) is 0. The monoisotopic (exact) mass is 171 g/mol. The lowest BCUT2D eigenvalue weighted by Gasteiger charge is -2.23. The third kappa shape index (κ3) is 5.59. The van der Waals surface area contributed by atoms with Gasteiger partial charge in [-0.25, -0.2) is 0 Å². The molecule has 0 aliphatic rings. The van der Waals surface area contributed by atoms with E-state index in [2.05, 4.69) is 32.6 Å². The Kier molecular flexibility index (Phi) is 7.58. The van der Waals surface area contributed by atoms with Crippen molar-refractivity contribution in [2.45, 2.75) is 47.0 Å². The van der Waals surface area contributed by atoms with Crippen LogP contribution in [0.25, 0.3) is 0 Å². The molecule has 1 atom stereocenters. The minimum atomic E-state index is 0.864. The Bertz CT molecular complexity index is 85.0. The van der Waals surface area contributed by atoms with Crippen molar-refractivity contribution in [1.29, 1.82) is 0 Å². The van der Waals surface area contributed by atoms with Crippen molar-refractivity contribution in [3.8, 4) is 0 Å². The molecule has 12 heavy (non-hydrogen) atoms. The molecule has 0 spiro atoms. The lowest BCUT2D eigenvalue weighted by Crippen LogP contribution is -2.29. The first kappa shape index (κ1) is 12.0. The van der Waals surface area contributed by atoms with Crippen LogP contribution in [0.4, 0.5) is 0 Å². The van der Waals surface area contributed by atoms with E-state index in [1.807, 2.05) is 0 Å². The van der Waals surface area contributed by atoms with Gasteiger partial charge >= 0.3 is 0 Å². The molecule has 0 N–H and O–H groups in total. The highest BCUT2D eigenvalue weighted by molar-refractivity contribution is 4.60. The summed E-state index contributed by atoms with van der Waals surface area (Å²) in [5.74, 6) is 0.864. The summed E-state index contributed by atoms with van der Waals surface area (Å²) in [6.07, 6.45) is 3.89. The van der Waals surface area contributed by atoms with E-state index in [4.69, 9.17) is 0 Å². The molecule has 0 aromatic rings. The predicted octanol–water partition coefficient (Wildman–Crippen LogP) is 3.15. The first-order valence-corrected chi connectivity index (χ1v) is 5.46. The second-order valence-corrected chi connectivity index (χ2v) is 3.81. The first-order chi connectivity index (χ1) is 5.74. The van der Waals surface area contributed by atoms with Gasteiger partial charge in [0.2, 0.25) is 0 Å². The SMILES string of the molecule is CCCN(CCC)C[C@@H](C)CC. The highest BCUT2D eigenvalue weighted by Crippen LogP contribution is 2.05. The second-order valence-electron chi connectivity index (χ2n) is 3.81. The van der Waals surface area contributed by atoms with Crippen molar-refractivity contribution in [3.63, 3.8) is 0 Å². The van der Waals surface area contributed by atoms with Crippen LogP contribution in [0.15, 0.2) is 0 Å². The normalized spacial score (nSPS) is 13.8. The van der Waals surface area contributed by atoms with Gasteiger partial charge in [0.05, 0.1) is 0 Å². The van der Waals surface area contributed by atoms with Crippen LogP contribution in [0.5, 0.6) is 0 Å². The molecular formula is C11H25N. The maximum atomic E-state index is 2.59. The van der Waals surface area contributed by atoms with Gasteiger partial charge in [-0.1, -0.05) is 34.1 Å². The smallest absolute Gasteiger partial charge is 0.000691 e. The van der Waals surface area contributed by atoms with Gasteiger partial charge in [-0.15, -0.1) is 0 Å². The average Bonchev–Trinajstić information content (AvgIpc) is 2.05. The van der Waals surface area contributed by atoms with Gasteiger partial charge in [-0.2, -0.15) is 0 Å². The summed E-state index contributed by atoms with van der Waals surface area (Å²) in [5.41, 5.74) is 0. The summed E-state index contributed by atoms with van der Waals surface area (Å²) < 4.78 is 0. The first-order valence-electron chi connectivity index (χ1n) is 5.46. The minimum Gasteiger partial charge on any atom is -0.303 e. The maximum Gasteiger partial charge on any atom is 0.000691 e. The fourth-order valence-electron chi connectivity index (χ4n) is 1.50. The van der Waals surface area contributed by atoms with Crippen molar-refractivity contribution in [2.75, 3.05) is 19.6 Å². The predicted molar refractivity (Wildman–Crippen MR) is 56.5 cm³/mol. The van der Waals surface area contributed by atoms with Crippen LogP contribution in [0.1, 0.15) is 47.0 Å². The van der Waals surface area contributed by atoms with Gasteiger partial charge in [-0.3, -0.25) is 0 Å². The summed E-state index contributed by atoms with van der Waals surface area (Å²) >= 11 is 0. The second kappa shape index (κ2) is 7.60. The largest absolute Gasteiger partial charge is 0.303 e. The van der Waals surface area contributed by atoms with Crippen LogP contribution in [0.3, 0.4) is 0 Å². The van der Waals surface area contributed by atoms with E-state index in [0.29, 0.717) is 0 Å². The fourth-order valence-corrected chi connectivity index (χ4v) is 1.50. The van der Waals surface area contributed by atoms with Crippen molar-refractivity contribution in [2.24, 2.45) is 5.92 Å². The van der Waals surface area contributed by atoms with Crippen LogP contribution in [-0.4, -0.2) is 24.5 Å². The molecule has 1 heteroatoms. The summed E-state index contributed by atoms with van der Waals surface area (Å²) in [6.45, 7) is 13.0. The topological polar surface area (TPSA) is 3.24 Å². The molecule has 0 saturated carbocycles. The molecule has 0 aromatic heterocycles. The van der Waals surface area contributed by atoms with E-state index in [-0.39, 0.29) is 0 Å². The van der Waals surface area contributed by atoms with Crippen LogP contribution < -0.4 is 0 Å². The maximum absolute atomic E-state index is 2.59. The Labute approximate surface area is 78.1 Å². The zero-order valence-corrected chi connectivity index (χ0v) is 9.27. The zero-order chi connectivity index (χ0) is 9.40. The summed E-state index contributed by atoms with van der Waals surface area (Å²) in [5, 5.41) is 0. The van der Waals surface area contributed by atoms with Crippen LogP contribution in [0, 0.1) is 5.92 Å². The molecule has 1 nitrogen and oxygen atoms in total. The average molecular weight is 171 g/mol. The van der Waals surface area contributed by atoms with Gasteiger partial charge in [-0.05, 0) is 31.8 Å². The van der Waals surface area contributed by atoms with E-state index in [1.165, 1.54) is 38.9 Å². The van der Waals surface area contributed by atoms with E-state index in [1.54, 1.807) is 0 Å². The van der Waals surface area contributed by atoms with Crippen LogP contribution >= 0.6 is 0 Å². The fraction of sp³-hybridized carbons (Fsp3) is 1.00. The molecule has 0 fully saturated rings.